The summed E-state index contributed by atoms with van der Waals surface area (Å²) in [5.74, 6) is 1.94. The van der Waals surface area contributed by atoms with Gasteiger partial charge in [0.25, 0.3) is 0 Å². The molecule has 0 bridgehead atoms. The van der Waals surface area contributed by atoms with Crippen LogP contribution in [0.15, 0.2) is 23.3 Å². The number of rotatable bonds is 6. The van der Waals surface area contributed by atoms with Gasteiger partial charge in [-0.15, -0.1) is 24.0 Å². The topological polar surface area (TPSA) is 68.3 Å². The highest BCUT2D eigenvalue weighted by Gasteiger charge is 2.38. The molecule has 3 fully saturated rings. The Labute approximate surface area is 216 Å². The van der Waals surface area contributed by atoms with E-state index in [0.717, 1.165) is 77.3 Å². The first kappa shape index (κ1) is 26.4. The van der Waals surface area contributed by atoms with Crippen molar-refractivity contribution in [1.29, 1.82) is 0 Å². The quantitative estimate of drug-likeness (QED) is 0.308. The molecule has 186 valence electrons. The Balaban J connectivity index is 0.00000306. The first-order valence-electron chi connectivity index (χ1n) is 12.3. The first-order valence-corrected chi connectivity index (χ1v) is 12.3. The molecule has 0 atom stereocenters. The molecule has 33 heavy (non-hydrogen) atoms. The minimum absolute atomic E-state index is 0. The highest BCUT2D eigenvalue weighted by Crippen LogP contribution is 2.33. The maximum Gasteiger partial charge on any atom is 0.191 e. The number of guanidine groups is 1. The van der Waals surface area contributed by atoms with Crippen LogP contribution in [0.2, 0.25) is 0 Å². The number of pyridine rings is 1. The number of aromatic nitrogens is 1. The van der Waals surface area contributed by atoms with Crippen LogP contribution in [-0.2, 0) is 11.3 Å². The van der Waals surface area contributed by atoms with Crippen molar-refractivity contribution in [3.8, 4) is 0 Å². The molecule has 8 nitrogen and oxygen atoms in total. The molecule has 9 heteroatoms. The van der Waals surface area contributed by atoms with Crippen LogP contribution >= 0.6 is 24.0 Å². The van der Waals surface area contributed by atoms with Crippen molar-refractivity contribution in [2.24, 2.45) is 4.99 Å². The lowest BCUT2D eigenvalue weighted by Gasteiger charge is -2.48. The number of morpholine rings is 1. The van der Waals surface area contributed by atoms with Crippen LogP contribution in [0.1, 0.15) is 37.7 Å². The predicted molar refractivity (Wildman–Crippen MR) is 146 cm³/mol. The van der Waals surface area contributed by atoms with Crippen LogP contribution < -0.4 is 15.5 Å². The van der Waals surface area contributed by atoms with Crippen molar-refractivity contribution >= 4 is 35.8 Å². The zero-order chi connectivity index (χ0) is 22.2. The third-order valence-electron chi connectivity index (χ3n) is 7.37. The fourth-order valence-electron chi connectivity index (χ4n) is 5.25. The molecule has 3 aliphatic rings. The molecule has 1 saturated carbocycles. The minimum Gasteiger partial charge on any atom is -0.379 e. The largest absolute Gasteiger partial charge is 0.379 e. The van der Waals surface area contributed by atoms with E-state index >= 15 is 0 Å². The molecule has 0 aromatic carbocycles. The Kier molecular flexibility index (Phi) is 10.5. The van der Waals surface area contributed by atoms with E-state index in [0.29, 0.717) is 0 Å². The molecule has 2 N–H and O–H groups in total. The first-order chi connectivity index (χ1) is 15.7. The third kappa shape index (κ3) is 7.16. The van der Waals surface area contributed by atoms with Gasteiger partial charge in [0.05, 0.1) is 13.2 Å². The maximum atomic E-state index is 5.61. The second-order valence-corrected chi connectivity index (χ2v) is 9.48. The van der Waals surface area contributed by atoms with Gasteiger partial charge in [-0.25, -0.2) is 4.98 Å². The van der Waals surface area contributed by atoms with Gasteiger partial charge >= 0.3 is 0 Å². The fraction of sp³-hybridized carbons (Fsp3) is 0.750. The number of anilines is 1. The van der Waals surface area contributed by atoms with Crippen molar-refractivity contribution in [2.45, 2.75) is 44.2 Å². The number of ether oxygens (including phenoxy) is 1. The summed E-state index contributed by atoms with van der Waals surface area (Å²) in [6.45, 7) is 9.73. The van der Waals surface area contributed by atoms with E-state index in [1.807, 2.05) is 13.2 Å². The van der Waals surface area contributed by atoms with Crippen molar-refractivity contribution in [2.75, 3.05) is 78.0 Å². The standard InChI is InChI=1S/C24H41N7O.HI/c1-25-23(28-20-24(8-4-3-5-9-24)31-14-16-32-17-15-31)27-19-21-6-7-22(26-18-21)30-12-10-29(2)11-13-30;/h6-7,18H,3-5,8-17,19-20H2,1-2H3,(H2,25,27,28);1H. The molecular weight excluding hydrogens is 529 g/mol. The van der Waals surface area contributed by atoms with E-state index < -0.39 is 0 Å². The zero-order valence-corrected chi connectivity index (χ0v) is 22.7. The Morgan fingerprint density at radius 3 is 2.39 bits per heavy atom. The number of nitrogens with one attached hydrogen (secondary N) is 2. The van der Waals surface area contributed by atoms with Crippen LogP contribution in [0.25, 0.3) is 0 Å². The highest BCUT2D eigenvalue weighted by atomic mass is 127. The lowest BCUT2D eigenvalue weighted by atomic mass is 9.80. The van der Waals surface area contributed by atoms with Crippen LogP contribution in [0.4, 0.5) is 5.82 Å². The second kappa shape index (κ2) is 13.1. The molecule has 2 saturated heterocycles. The van der Waals surface area contributed by atoms with Crippen molar-refractivity contribution in [3.05, 3.63) is 23.9 Å². The van der Waals surface area contributed by atoms with E-state index in [1.165, 1.54) is 37.7 Å². The molecule has 4 rings (SSSR count). The number of aliphatic imine (C=N–C) groups is 1. The van der Waals surface area contributed by atoms with Crippen LogP contribution in [-0.4, -0.2) is 99.4 Å². The van der Waals surface area contributed by atoms with E-state index in [9.17, 15) is 0 Å². The van der Waals surface area contributed by atoms with Gasteiger partial charge in [0.2, 0.25) is 0 Å². The number of halogens is 1. The second-order valence-electron chi connectivity index (χ2n) is 9.48. The van der Waals surface area contributed by atoms with Gasteiger partial charge in [0.15, 0.2) is 5.96 Å². The molecule has 0 unspecified atom stereocenters. The number of nitrogens with zero attached hydrogens (tertiary/aromatic N) is 5. The molecular formula is C24H42IN7O. The van der Waals surface area contributed by atoms with Crippen molar-refractivity contribution in [3.63, 3.8) is 0 Å². The van der Waals surface area contributed by atoms with Crippen molar-refractivity contribution < 1.29 is 4.74 Å². The molecule has 2 aliphatic heterocycles. The maximum absolute atomic E-state index is 5.61. The summed E-state index contributed by atoms with van der Waals surface area (Å²) in [5, 5.41) is 7.12. The number of piperazine rings is 1. The summed E-state index contributed by atoms with van der Waals surface area (Å²) in [5.41, 5.74) is 1.40. The van der Waals surface area contributed by atoms with Gasteiger partial charge in [-0.1, -0.05) is 25.3 Å². The minimum atomic E-state index is 0. The lowest BCUT2D eigenvalue weighted by molar-refractivity contribution is -0.0352. The Hall–Kier alpha value is -1.17. The Bertz CT molecular complexity index is 725. The van der Waals surface area contributed by atoms with E-state index in [1.54, 1.807) is 0 Å². The average Bonchev–Trinajstić information content (AvgIpc) is 2.86. The number of hydrogen-bond acceptors (Lipinski definition) is 6. The monoisotopic (exact) mass is 571 g/mol. The fourth-order valence-corrected chi connectivity index (χ4v) is 5.25. The summed E-state index contributed by atoms with van der Waals surface area (Å²) in [6.07, 6.45) is 8.50. The molecule has 1 aromatic heterocycles. The molecule has 0 amide bonds. The summed E-state index contributed by atoms with van der Waals surface area (Å²) >= 11 is 0. The van der Waals surface area contributed by atoms with Gasteiger partial charge < -0.3 is 25.2 Å². The summed E-state index contributed by atoms with van der Waals surface area (Å²) in [6, 6.07) is 4.32. The van der Waals surface area contributed by atoms with Crippen LogP contribution in [0.3, 0.4) is 0 Å². The summed E-state index contributed by atoms with van der Waals surface area (Å²) < 4.78 is 5.61. The van der Waals surface area contributed by atoms with Gasteiger partial charge in [-0.2, -0.15) is 0 Å². The van der Waals surface area contributed by atoms with Crippen LogP contribution in [0, 0.1) is 0 Å². The molecule has 0 spiro atoms. The number of likely N-dealkylation sites (N-methyl/N-ethyl adjacent to an activating group) is 1. The number of hydrogen-bond donors (Lipinski definition) is 2. The van der Waals surface area contributed by atoms with E-state index in [-0.39, 0.29) is 29.5 Å². The van der Waals surface area contributed by atoms with Gasteiger partial charge in [-0.3, -0.25) is 9.89 Å². The van der Waals surface area contributed by atoms with Gasteiger partial charge in [-0.05, 0) is 31.5 Å². The summed E-state index contributed by atoms with van der Waals surface area (Å²) in [7, 11) is 4.03. The predicted octanol–water partition coefficient (Wildman–Crippen LogP) is 2.15. The lowest BCUT2D eigenvalue weighted by Crippen LogP contribution is -2.60. The van der Waals surface area contributed by atoms with Crippen LogP contribution in [0.5, 0.6) is 0 Å². The molecule has 1 aromatic rings. The Morgan fingerprint density at radius 1 is 1.03 bits per heavy atom. The average molecular weight is 572 g/mol. The third-order valence-corrected chi connectivity index (χ3v) is 7.37. The van der Waals surface area contributed by atoms with Gasteiger partial charge in [0.1, 0.15) is 5.82 Å². The van der Waals surface area contributed by atoms with E-state index in [4.69, 9.17) is 9.72 Å². The highest BCUT2D eigenvalue weighted by molar-refractivity contribution is 14.0. The Morgan fingerprint density at radius 2 is 1.76 bits per heavy atom. The smallest absolute Gasteiger partial charge is 0.191 e. The molecule has 3 heterocycles. The SMILES string of the molecule is CN=C(NCc1ccc(N2CCN(C)CC2)nc1)NCC1(N2CCOCC2)CCCCC1.I. The zero-order valence-electron chi connectivity index (χ0n) is 20.4. The van der Waals surface area contributed by atoms with Gasteiger partial charge in [0, 0.05) is 71.1 Å². The van der Waals surface area contributed by atoms with Crippen molar-refractivity contribution in [1.82, 2.24) is 25.4 Å². The molecule has 1 aliphatic carbocycles. The summed E-state index contributed by atoms with van der Waals surface area (Å²) in [4.78, 5) is 16.6. The normalized spacial score (nSPS) is 22.5. The molecule has 0 radical (unpaired) electrons. The van der Waals surface area contributed by atoms with E-state index in [2.05, 4.69) is 49.5 Å².